The van der Waals surface area contributed by atoms with Gasteiger partial charge >= 0.3 is 5.97 Å². The summed E-state index contributed by atoms with van der Waals surface area (Å²) in [5, 5.41) is 13.3. The third kappa shape index (κ3) is 6.66. The third-order valence-electron chi connectivity index (χ3n) is 3.66. The first-order valence-electron chi connectivity index (χ1n) is 7.50. The highest BCUT2D eigenvalue weighted by atomic mass is 35.5. The van der Waals surface area contributed by atoms with E-state index in [1.54, 1.807) is 19.1 Å². The van der Waals surface area contributed by atoms with Crippen LogP contribution in [0.2, 0.25) is 0 Å². The second-order valence-corrected chi connectivity index (χ2v) is 5.52. The zero-order chi connectivity index (χ0) is 16.8. The summed E-state index contributed by atoms with van der Waals surface area (Å²) in [6, 6.07) is 7.47. The molecule has 8 heteroatoms. The van der Waals surface area contributed by atoms with E-state index in [1.165, 1.54) is 13.5 Å². The minimum absolute atomic E-state index is 0. The number of aliphatic hydroxyl groups excluding tert-OH is 1. The molecule has 1 aromatic carbocycles. The molecule has 0 aliphatic heterocycles. The molecule has 2 N–H and O–H groups in total. The van der Waals surface area contributed by atoms with Crippen LogP contribution >= 0.6 is 24.8 Å². The highest BCUT2D eigenvalue weighted by Crippen LogP contribution is 2.15. The second-order valence-electron chi connectivity index (χ2n) is 5.52. The number of carbonyl (C=O) groups is 1. The van der Waals surface area contributed by atoms with Gasteiger partial charge in [-0.1, -0.05) is 12.1 Å². The van der Waals surface area contributed by atoms with Crippen LogP contribution in [0.25, 0.3) is 0 Å². The molecule has 0 fully saturated rings. The maximum Gasteiger partial charge on any atom is 0.337 e. The first-order chi connectivity index (χ1) is 11.0. The van der Waals surface area contributed by atoms with Crippen molar-refractivity contribution < 1.29 is 19.1 Å². The molecule has 25 heavy (non-hydrogen) atoms. The Kier molecular flexibility index (Phi) is 10.4. The van der Waals surface area contributed by atoms with E-state index < -0.39 is 6.10 Å². The smallest absolute Gasteiger partial charge is 0.337 e. The molecule has 0 radical (unpaired) electrons. The number of hydrogen-bond donors (Lipinski definition) is 2. The summed E-state index contributed by atoms with van der Waals surface area (Å²) in [5.41, 5.74) is 2.33. The van der Waals surface area contributed by atoms with Crippen molar-refractivity contribution in [2.24, 2.45) is 0 Å². The van der Waals surface area contributed by atoms with Gasteiger partial charge in [0.2, 0.25) is 0 Å². The molecule has 0 aliphatic rings. The van der Waals surface area contributed by atoms with Gasteiger partial charge in [-0.25, -0.2) is 9.78 Å². The van der Waals surface area contributed by atoms with E-state index in [0.717, 1.165) is 12.0 Å². The molecule has 0 spiro atoms. The Hall–Kier alpha value is -1.60. The highest BCUT2D eigenvalue weighted by molar-refractivity contribution is 5.89. The van der Waals surface area contributed by atoms with Gasteiger partial charge in [0, 0.05) is 12.6 Å². The number of aryl methyl sites for hydroxylation is 1. The van der Waals surface area contributed by atoms with Crippen molar-refractivity contribution in [2.75, 3.05) is 13.7 Å². The van der Waals surface area contributed by atoms with Crippen molar-refractivity contribution in [3.05, 3.63) is 53.2 Å². The molecule has 2 unspecified atom stereocenters. The number of aromatic nitrogens is 1. The number of aliphatic hydroxyl groups is 1. The van der Waals surface area contributed by atoms with Gasteiger partial charge in [0.05, 0.1) is 18.4 Å². The summed E-state index contributed by atoms with van der Waals surface area (Å²) in [7, 11) is 1.36. The van der Waals surface area contributed by atoms with Crippen molar-refractivity contribution in [3.8, 4) is 0 Å². The molecule has 0 saturated carbocycles. The number of methoxy groups -OCH3 is 1. The van der Waals surface area contributed by atoms with Crippen molar-refractivity contribution in [3.63, 3.8) is 0 Å². The van der Waals surface area contributed by atoms with E-state index in [9.17, 15) is 9.90 Å². The lowest BCUT2D eigenvalue weighted by atomic mass is 10.0. The van der Waals surface area contributed by atoms with Gasteiger partial charge in [-0.05, 0) is 38.0 Å². The van der Waals surface area contributed by atoms with Crippen LogP contribution in [0, 0.1) is 6.92 Å². The molecule has 0 amide bonds. The number of oxazole rings is 1. The number of hydrogen-bond acceptors (Lipinski definition) is 6. The second kappa shape index (κ2) is 11.1. The number of ether oxygens (including phenoxy) is 1. The third-order valence-corrected chi connectivity index (χ3v) is 3.66. The number of nitrogens with zero attached hydrogens (tertiary/aromatic N) is 1. The van der Waals surface area contributed by atoms with Gasteiger partial charge in [0.1, 0.15) is 6.10 Å². The Morgan fingerprint density at radius 2 is 1.96 bits per heavy atom. The van der Waals surface area contributed by atoms with Gasteiger partial charge < -0.3 is 19.6 Å². The summed E-state index contributed by atoms with van der Waals surface area (Å²) in [5.74, 6) is 0.153. The Balaban J connectivity index is 0.00000288. The lowest BCUT2D eigenvalue weighted by Crippen LogP contribution is -2.32. The van der Waals surface area contributed by atoms with Crippen LogP contribution in [0.15, 0.2) is 35.1 Å². The Labute approximate surface area is 159 Å². The number of carbonyl (C=O) groups excluding carboxylic acids is 1. The Morgan fingerprint density at radius 1 is 1.32 bits per heavy atom. The van der Waals surface area contributed by atoms with E-state index >= 15 is 0 Å². The SMILES string of the molecule is COC(=O)c1ccc(CC(C)NCC(O)c2ocnc2C)cc1.Cl.Cl. The van der Waals surface area contributed by atoms with Crippen LogP contribution in [-0.2, 0) is 11.2 Å². The number of nitrogens with one attached hydrogen (secondary N) is 1. The summed E-state index contributed by atoms with van der Waals surface area (Å²) in [4.78, 5) is 15.4. The van der Waals surface area contributed by atoms with Crippen LogP contribution in [0.4, 0.5) is 0 Å². The first kappa shape index (κ1) is 23.4. The van der Waals surface area contributed by atoms with E-state index in [4.69, 9.17) is 4.42 Å². The zero-order valence-electron chi connectivity index (χ0n) is 14.4. The maximum absolute atomic E-state index is 11.4. The predicted octanol–water partition coefficient (Wildman–Crippen LogP) is 2.87. The van der Waals surface area contributed by atoms with E-state index in [0.29, 0.717) is 23.6 Å². The molecule has 0 aliphatic carbocycles. The van der Waals surface area contributed by atoms with Crippen LogP contribution in [0.3, 0.4) is 0 Å². The molecule has 0 bridgehead atoms. The van der Waals surface area contributed by atoms with Gasteiger partial charge in [-0.15, -0.1) is 24.8 Å². The minimum atomic E-state index is -0.721. The Morgan fingerprint density at radius 3 is 2.48 bits per heavy atom. The molecule has 2 rings (SSSR count). The summed E-state index contributed by atoms with van der Waals surface area (Å²) in [6.45, 7) is 4.22. The molecule has 2 atom stereocenters. The molecule has 1 heterocycles. The standard InChI is InChI=1S/C17H22N2O4.2ClH/c1-11(18-9-15(20)16-12(2)19-10-23-16)8-13-4-6-14(7-5-13)17(21)22-3;;/h4-7,10-11,15,18,20H,8-9H2,1-3H3;2*1H. The molecular formula is C17H24Cl2N2O4. The molecular weight excluding hydrogens is 367 g/mol. The summed E-state index contributed by atoms with van der Waals surface area (Å²) in [6.07, 6.45) is 1.39. The predicted molar refractivity (Wildman–Crippen MR) is 99.6 cm³/mol. The average Bonchev–Trinajstić information content (AvgIpc) is 2.98. The molecule has 0 saturated heterocycles. The average molecular weight is 391 g/mol. The number of benzene rings is 1. The van der Waals surface area contributed by atoms with Crippen LogP contribution in [0.1, 0.15) is 40.4 Å². The van der Waals surface area contributed by atoms with Crippen molar-refractivity contribution in [1.82, 2.24) is 10.3 Å². The fourth-order valence-electron chi connectivity index (χ4n) is 2.36. The lowest BCUT2D eigenvalue weighted by molar-refractivity contribution is 0.0600. The minimum Gasteiger partial charge on any atom is -0.465 e. The van der Waals surface area contributed by atoms with Gasteiger partial charge in [-0.2, -0.15) is 0 Å². The van der Waals surface area contributed by atoms with E-state index in [2.05, 4.69) is 15.0 Å². The fourth-order valence-corrected chi connectivity index (χ4v) is 2.36. The van der Waals surface area contributed by atoms with E-state index in [1.807, 2.05) is 19.1 Å². The monoisotopic (exact) mass is 390 g/mol. The molecule has 140 valence electrons. The van der Waals surface area contributed by atoms with Crippen molar-refractivity contribution in [1.29, 1.82) is 0 Å². The molecule has 2 aromatic rings. The molecule has 1 aromatic heterocycles. The summed E-state index contributed by atoms with van der Waals surface area (Å²) >= 11 is 0. The van der Waals surface area contributed by atoms with Crippen molar-refractivity contribution >= 4 is 30.8 Å². The highest BCUT2D eigenvalue weighted by Gasteiger charge is 2.16. The lowest BCUT2D eigenvalue weighted by Gasteiger charge is -2.16. The van der Waals surface area contributed by atoms with Gasteiger partial charge in [0.25, 0.3) is 0 Å². The van der Waals surface area contributed by atoms with Crippen LogP contribution < -0.4 is 5.32 Å². The van der Waals surface area contributed by atoms with Crippen LogP contribution in [-0.4, -0.2) is 35.8 Å². The fraction of sp³-hybridized carbons (Fsp3) is 0.412. The summed E-state index contributed by atoms with van der Waals surface area (Å²) < 4.78 is 9.85. The molecule has 6 nitrogen and oxygen atoms in total. The quantitative estimate of drug-likeness (QED) is 0.707. The van der Waals surface area contributed by atoms with E-state index in [-0.39, 0.29) is 36.8 Å². The Bertz CT molecular complexity index is 646. The topological polar surface area (TPSA) is 84.6 Å². The largest absolute Gasteiger partial charge is 0.465 e. The number of halogens is 2. The number of esters is 1. The zero-order valence-corrected chi connectivity index (χ0v) is 16.0. The van der Waals surface area contributed by atoms with Crippen molar-refractivity contribution in [2.45, 2.75) is 32.4 Å². The first-order valence-corrected chi connectivity index (χ1v) is 7.50. The normalized spacial score (nSPS) is 12.5. The van der Waals surface area contributed by atoms with Gasteiger partial charge in [-0.3, -0.25) is 0 Å². The maximum atomic E-state index is 11.4. The van der Waals surface area contributed by atoms with Crippen LogP contribution in [0.5, 0.6) is 0 Å². The van der Waals surface area contributed by atoms with Gasteiger partial charge in [0.15, 0.2) is 12.2 Å². The number of rotatable bonds is 7.